The van der Waals surface area contributed by atoms with Crippen molar-refractivity contribution in [3.05, 3.63) is 94.5 Å². The van der Waals surface area contributed by atoms with Gasteiger partial charge in [-0.05, 0) is 80.1 Å². The second-order valence-corrected chi connectivity index (χ2v) is 8.79. The van der Waals surface area contributed by atoms with Gasteiger partial charge in [0.25, 0.3) is 0 Å². The van der Waals surface area contributed by atoms with E-state index in [0.29, 0.717) is 11.3 Å². The molecular weight excluding hydrogens is 396 g/mol. The van der Waals surface area contributed by atoms with Crippen molar-refractivity contribution in [2.45, 2.75) is 65.9 Å². The van der Waals surface area contributed by atoms with Crippen LogP contribution in [0.25, 0.3) is 0 Å². The van der Waals surface area contributed by atoms with Crippen LogP contribution in [0.15, 0.2) is 66.7 Å². The zero-order chi connectivity index (χ0) is 23.3. The van der Waals surface area contributed by atoms with Gasteiger partial charge < -0.3 is 9.47 Å². The molecule has 1 unspecified atom stereocenters. The van der Waals surface area contributed by atoms with E-state index in [1.807, 2.05) is 37.3 Å². The molecule has 3 rings (SSSR count). The Bertz CT molecular complexity index is 1070. The quantitative estimate of drug-likeness (QED) is 0.272. The summed E-state index contributed by atoms with van der Waals surface area (Å²) in [6, 6.07) is 21.5. The monoisotopic (exact) mass is 430 g/mol. The largest absolute Gasteiger partial charge is 0.487 e. The van der Waals surface area contributed by atoms with Crippen molar-refractivity contribution in [3.8, 4) is 11.5 Å². The van der Waals surface area contributed by atoms with Gasteiger partial charge in [0, 0.05) is 5.92 Å². The van der Waals surface area contributed by atoms with Gasteiger partial charge in [-0.1, -0.05) is 63.2 Å². The first-order valence-corrected chi connectivity index (χ1v) is 11.4. The molecule has 168 valence electrons. The predicted octanol–water partition coefficient (Wildman–Crippen LogP) is 7.63. The van der Waals surface area contributed by atoms with Crippen LogP contribution < -0.4 is 9.47 Å². The normalized spacial score (nSPS) is 12.3. The lowest BCUT2D eigenvalue weighted by atomic mass is 9.91. The standard InChI is InChI=1S/C29H34O3/c1-7-29(6,8-2)32-27-17-15-25(19-21(27)4)22(5)24-14-16-26(20(3)18-24)31-28(30)23-12-10-9-11-13-23/h9-19,22H,7-8H2,1-6H3. The van der Waals surface area contributed by atoms with Gasteiger partial charge in [-0.25, -0.2) is 4.79 Å². The Morgan fingerprint density at radius 3 is 1.88 bits per heavy atom. The van der Waals surface area contributed by atoms with E-state index in [1.165, 1.54) is 11.1 Å². The molecule has 0 aliphatic heterocycles. The molecule has 3 aromatic rings. The second-order valence-electron chi connectivity index (χ2n) is 8.79. The molecule has 0 aliphatic carbocycles. The van der Waals surface area contributed by atoms with Crippen LogP contribution in [0.5, 0.6) is 11.5 Å². The number of rotatable bonds is 8. The summed E-state index contributed by atoms with van der Waals surface area (Å²) in [7, 11) is 0. The first kappa shape index (κ1) is 23.6. The van der Waals surface area contributed by atoms with Gasteiger partial charge in [-0.15, -0.1) is 0 Å². The molecule has 32 heavy (non-hydrogen) atoms. The number of aryl methyl sites for hydroxylation is 2. The van der Waals surface area contributed by atoms with E-state index in [2.05, 4.69) is 58.9 Å². The fourth-order valence-corrected chi connectivity index (χ4v) is 3.70. The maximum absolute atomic E-state index is 12.4. The van der Waals surface area contributed by atoms with Crippen LogP contribution in [0.2, 0.25) is 0 Å². The van der Waals surface area contributed by atoms with Crippen molar-refractivity contribution in [2.75, 3.05) is 0 Å². The molecular formula is C29H34O3. The Balaban J connectivity index is 1.76. The van der Waals surface area contributed by atoms with Crippen molar-refractivity contribution in [3.63, 3.8) is 0 Å². The van der Waals surface area contributed by atoms with Crippen LogP contribution in [0, 0.1) is 13.8 Å². The van der Waals surface area contributed by atoms with E-state index < -0.39 is 0 Å². The van der Waals surface area contributed by atoms with E-state index in [1.54, 1.807) is 12.1 Å². The van der Waals surface area contributed by atoms with Crippen LogP contribution in [-0.4, -0.2) is 11.6 Å². The van der Waals surface area contributed by atoms with Crippen molar-refractivity contribution in [1.82, 2.24) is 0 Å². The Labute approximate surface area is 192 Å². The highest BCUT2D eigenvalue weighted by molar-refractivity contribution is 5.91. The summed E-state index contributed by atoms with van der Waals surface area (Å²) in [6.07, 6.45) is 1.95. The molecule has 0 saturated heterocycles. The third-order valence-electron chi connectivity index (χ3n) is 6.46. The third-order valence-corrected chi connectivity index (χ3v) is 6.46. The molecule has 3 nitrogen and oxygen atoms in total. The first-order chi connectivity index (χ1) is 15.3. The van der Waals surface area contributed by atoms with Gasteiger partial charge in [0.1, 0.15) is 17.1 Å². The summed E-state index contributed by atoms with van der Waals surface area (Å²) in [6.45, 7) is 12.8. The van der Waals surface area contributed by atoms with E-state index >= 15 is 0 Å². The number of hydrogen-bond acceptors (Lipinski definition) is 3. The smallest absolute Gasteiger partial charge is 0.343 e. The van der Waals surface area contributed by atoms with E-state index in [4.69, 9.17) is 9.47 Å². The number of esters is 1. The van der Waals surface area contributed by atoms with Crippen molar-refractivity contribution in [1.29, 1.82) is 0 Å². The summed E-state index contributed by atoms with van der Waals surface area (Å²) >= 11 is 0. The molecule has 0 saturated carbocycles. The number of hydrogen-bond donors (Lipinski definition) is 0. The first-order valence-electron chi connectivity index (χ1n) is 11.4. The lowest BCUT2D eigenvalue weighted by Gasteiger charge is -2.29. The van der Waals surface area contributed by atoms with Crippen LogP contribution in [0.4, 0.5) is 0 Å². The van der Waals surface area contributed by atoms with Crippen LogP contribution in [0.3, 0.4) is 0 Å². The van der Waals surface area contributed by atoms with Gasteiger partial charge in [-0.2, -0.15) is 0 Å². The van der Waals surface area contributed by atoms with Gasteiger partial charge in [0.15, 0.2) is 0 Å². The van der Waals surface area contributed by atoms with Crippen molar-refractivity contribution >= 4 is 5.97 Å². The van der Waals surface area contributed by atoms with Crippen molar-refractivity contribution < 1.29 is 14.3 Å². The number of benzene rings is 3. The van der Waals surface area contributed by atoms with Crippen LogP contribution in [-0.2, 0) is 0 Å². The van der Waals surface area contributed by atoms with Gasteiger partial charge >= 0.3 is 5.97 Å². The molecule has 3 heteroatoms. The van der Waals surface area contributed by atoms with Crippen molar-refractivity contribution in [2.24, 2.45) is 0 Å². The Morgan fingerprint density at radius 2 is 1.38 bits per heavy atom. The molecule has 0 aromatic heterocycles. The van der Waals surface area contributed by atoms with E-state index in [0.717, 1.165) is 29.7 Å². The zero-order valence-corrected chi connectivity index (χ0v) is 20.1. The summed E-state index contributed by atoms with van der Waals surface area (Å²) in [5, 5.41) is 0. The molecule has 0 spiro atoms. The minimum Gasteiger partial charge on any atom is -0.487 e. The fraction of sp³-hybridized carbons (Fsp3) is 0.345. The molecule has 0 heterocycles. The molecule has 0 radical (unpaired) electrons. The molecule has 0 bridgehead atoms. The van der Waals surface area contributed by atoms with Gasteiger partial charge in [-0.3, -0.25) is 0 Å². The summed E-state index contributed by atoms with van der Waals surface area (Å²) in [4.78, 5) is 12.4. The predicted molar refractivity (Wildman–Crippen MR) is 131 cm³/mol. The highest BCUT2D eigenvalue weighted by Gasteiger charge is 2.22. The van der Waals surface area contributed by atoms with Crippen LogP contribution >= 0.6 is 0 Å². The minimum absolute atomic E-state index is 0.137. The van der Waals surface area contributed by atoms with Gasteiger partial charge in [0.05, 0.1) is 5.56 Å². The Kier molecular flexibility index (Phi) is 7.40. The van der Waals surface area contributed by atoms with E-state index in [-0.39, 0.29) is 17.5 Å². The summed E-state index contributed by atoms with van der Waals surface area (Å²) in [5.74, 6) is 1.41. The SMILES string of the molecule is CCC(C)(CC)Oc1ccc(C(C)c2ccc(OC(=O)c3ccccc3)c(C)c2)cc1C. The maximum atomic E-state index is 12.4. The highest BCUT2D eigenvalue weighted by atomic mass is 16.5. The third kappa shape index (κ3) is 5.40. The fourth-order valence-electron chi connectivity index (χ4n) is 3.70. The maximum Gasteiger partial charge on any atom is 0.343 e. The average Bonchev–Trinajstić information content (AvgIpc) is 2.81. The van der Waals surface area contributed by atoms with Crippen LogP contribution in [0.1, 0.15) is 79.1 Å². The molecule has 0 fully saturated rings. The molecule has 1 atom stereocenters. The Hall–Kier alpha value is -3.07. The second kappa shape index (κ2) is 10.0. The number of carbonyl (C=O) groups excluding carboxylic acids is 1. The highest BCUT2D eigenvalue weighted by Crippen LogP contribution is 2.33. The summed E-state index contributed by atoms with van der Waals surface area (Å²) in [5.41, 5.74) is 4.91. The van der Waals surface area contributed by atoms with Gasteiger partial charge in [0.2, 0.25) is 0 Å². The molecule has 0 N–H and O–H groups in total. The lowest BCUT2D eigenvalue weighted by Crippen LogP contribution is -2.30. The molecule has 3 aromatic carbocycles. The topological polar surface area (TPSA) is 35.5 Å². The molecule has 0 aliphatic rings. The molecule has 0 amide bonds. The number of carbonyl (C=O) groups is 1. The zero-order valence-electron chi connectivity index (χ0n) is 20.1. The van der Waals surface area contributed by atoms with E-state index in [9.17, 15) is 4.79 Å². The minimum atomic E-state index is -0.341. The lowest BCUT2D eigenvalue weighted by molar-refractivity contribution is 0.0733. The number of ether oxygens (including phenoxy) is 2. The Morgan fingerprint density at radius 1 is 0.844 bits per heavy atom. The summed E-state index contributed by atoms with van der Waals surface area (Å²) < 4.78 is 11.9. The average molecular weight is 431 g/mol.